The molecule has 0 aliphatic carbocycles. The first-order chi connectivity index (χ1) is 7.13. The first-order valence-electron chi connectivity index (χ1n) is 4.64. The average Bonchev–Trinajstić information content (AvgIpc) is 2.63. The Kier molecular flexibility index (Phi) is 4.11. The second-order valence-electron chi connectivity index (χ2n) is 3.26. The second kappa shape index (κ2) is 5.35. The van der Waals surface area contributed by atoms with Crippen molar-refractivity contribution in [3.63, 3.8) is 0 Å². The van der Waals surface area contributed by atoms with Crippen molar-refractivity contribution in [3.05, 3.63) is 12.7 Å². The largest absolute Gasteiger partial charge is 0.480 e. The molecule has 6 nitrogen and oxygen atoms in total. The molecule has 0 bridgehead atoms. The molecule has 0 spiro atoms. The van der Waals surface area contributed by atoms with Gasteiger partial charge in [0.25, 0.3) is 0 Å². The van der Waals surface area contributed by atoms with E-state index in [1.54, 1.807) is 0 Å². The van der Waals surface area contributed by atoms with E-state index in [1.807, 2.05) is 0 Å². The summed E-state index contributed by atoms with van der Waals surface area (Å²) in [7, 11) is 0. The quantitative estimate of drug-likeness (QED) is 0.560. The number of amides is 1. The van der Waals surface area contributed by atoms with Crippen LogP contribution in [0.4, 0.5) is 4.79 Å². The van der Waals surface area contributed by atoms with Gasteiger partial charge in [0, 0.05) is 12.6 Å². The molecule has 2 unspecified atom stereocenters. The summed E-state index contributed by atoms with van der Waals surface area (Å²) in [5.74, 6) is -0.904. The molecule has 0 aromatic rings. The average molecular weight is 214 g/mol. The smallest absolute Gasteiger partial charge is 0.407 e. The van der Waals surface area contributed by atoms with Crippen molar-refractivity contribution in [1.82, 2.24) is 10.6 Å². The molecular weight excluding hydrogens is 200 g/mol. The SMILES string of the molecule is C=CCOC(=O)NC1CNC(C(=O)O)C1. The Bertz CT molecular complexity index is 267. The monoisotopic (exact) mass is 214 g/mol. The number of hydrogen-bond acceptors (Lipinski definition) is 4. The molecule has 1 amide bonds. The molecule has 0 radical (unpaired) electrons. The molecule has 0 saturated carbocycles. The summed E-state index contributed by atoms with van der Waals surface area (Å²) in [6, 6.07) is -0.780. The summed E-state index contributed by atoms with van der Waals surface area (Å²) in [5, 5.41) is 14.0. The van der Waals surface area contributed by atoms with Crippen LogP contribution < -0.4 is 10.6 Å². The summed E-state index contributed by atoms with van der Waals surface area (Å²) in [5.41, 5.74) is 0. The lowest BCUT2D eigenvalue weighted by Gasteiger charge is -2.10. The first kappa shape index (κ1) is 11.5. The van der Waals surface area contributed by atoms with E-state index in [-0.39, 0.29) is 12.6 Å². The highest BCUT2D eigenvalue weighted by Crippen LogP contribution is 2.06. The van der Waals surface area contributed by atoms with Crippen LogP contribution >= 0.6 is 0 Å². The Morgan fingerprint density at radius 1 is 1.67 bits per heavy atom. The molecule has 1 aliphatic heterocycles. The maximum Gasteiger partial charge on any atom is 0.407 e. The summed E-state index contributed by atoms with van der Waals surface area (Å²) in [6.07, 6.45) is 1.29. The number of carbonyl (C=O) groups is 2. The van der Waals surface area contributed by atoms with Gasteiger partial charge in [-0.15, -0.1) is 0 Å². The van der Waals surface area contributed by atoms with Gasteiger partial charge in [-0.2, -0.15) is 0 Å². The van der Waals surface area contributed by atoms with Crippen LogP contribution in [0.3, 0.4) is 0 Å². The number of carboxylic acids is 1. The van der Waals surface area contributed by atoms with Gasteiger partial charge < -0.3 is 20.5 Å². The molecule has 1 heterocycles. The van der Waals surface area contributed by atoms with Gasteiger partial charge in [-0.1, -0.05) is 12.7 Å². The Morgan fingerprint density at radius 3 is 2.93 bits per heavy atom. The molecule has 1 rings (SSSR count). The minimum atomic E-state index is -0.904. The van der Waals surface area contributed by atoms with Crippen LogP contribution in [0.15, 0.2) is 12.7 Å². The molecule has 1 aliphatic rings. The number of nitrogens with one attached hydrogen (secondary N) is 2. The number of hydrogen-bond donors (Lipinski definition) is 3. The van der Waals surface area contributed by atoms with Crippen LogP contribution in [-0.4, -0.2) is 42.4 Å². The minimum Gasteiger partial charge on any atom is -0.480 e. The summed E-state index contributed by atoms with van der Waals surface area (Å²) < 4.78 is 4.71. The van der Waals surface area contributed by atoms with Gasteiger partial charge in [-0.3, -0.25) is 4.79 Å². The molecule has 0 aromatic heterocycles. The van der Waals surface area contributed by atoms with Crippen molar-refractivity contribution in [1.29, 1.82) is 0 Å². The van der Waals surface area contributed by atoms with E-state index in [0.717, 1.165) is 0 Å². The van der Waals surface area contributed by atoms with Crippen LogP contribution in [0.5, 0.6) is 0 Å². The first-order valence-corrected chi connectivity index (χ1v) is 4.64. The van der Waals surface area contributed by atoms with Crippen LogP contribution in [0.2, 0.25) is 0 Å². The topological polar surface area (TPSA) is 87.7 Å². The van der Waals surface area contributed by atoms with E-state index < -0.39 is 18.1 Å². The predicted molar refractivity (Wildman–Crippen MR) is 52.5 cm³/mol. The zero-order chi connectivity index (χ0) is 11.3. The van der Waals surface area contributed by atoms with E-state index in [1.165, 1.54) is 6.08 Å². The van der Waals surface area contributed by atoms with Crippen molar-refractivity contribution in [2.24, 2.45) is 0 Å². The van der Waals surface area contributed by atoms with Gasteiger partial charge in [0.1, 0.15) is 12.6 Å². The van der Waals surface area contributed by atoms with Crippen molar-refractivity contribution in [3.8, 4) is 0 Å². The number of aliphatic carboxylic acids is 1. The third kappa shape index (κ3) is 3.59. The zero-order valence-corrected chi connectivity index (χ0v) is 8.23. The van der Waals surface area contributed by atoms with E-state index in [9.17, 15) is 9.59 Å². The van der Waals surface area contributed by atoms with E-state index in [4.69, 9.17) is 9.84 Å². The summed E-state index contributed by atoms with van der Waals surface area (Å²) >= 11 is 0. The number of rotatable bonds is 4. The van der Waals surface area contributed by atoms with E-state index in [0.29, 0.717) is 13.0 Å². The number of carboxylic acid groups (broad SMARTS) is 1. The fraction of sp³-hybridized carbons (Fsp3) is 0.556. The normalized spacial score (nSPS) is 24.5. The molecule has 1 fully saturated rings. The van der Waals surface area contributed by atoms with E-state index >= 15 is 0 Å². The lowest BCUT2D eigenvalue weighted by Crippen LogP contribution is -2.36. The molecule has 6 heteroatoms. The van der Waals surface area contributed by atoms with Crippen molar-refractivity contribution in [2.45, 2.75) is 18.5 Å². The lowest BCUT2D eigenvalue weighted by molar-refractivity contribution is -0.139. The second-order valence-corrected chi connectivity index (χ2v) is 3.26. The van der Waals surface area contributed by atoms with Gasteiger partial charge in [0.15, 0.2) is 0 Å². The van der Waals surface area contributed by atoms with Crippen LogP contribution in [0.1, 0.15) is 6.42 Å². The fourth-order valence-electron chi connectivity index (χ4n) is 1.38. The predicted octanol–water partition coefficient (Wildman–Crippen LogP) is -0.286. The maximum absolute atomic E-state index is 11.1. The number of carbonyl (C=O) groups excluding carboxylic acids is 1. The molecule has 3 N–H and O–H groups in total. The third-order valence-corrected chi connectivity index (χ3v) is 2.08. The van der Waals surface area contributed by atoms with Crippen LogP contribution in [-0.2, 0) is 9.53 Å². The van der Waals surface area contributed by atoms with Crippen LogP contribution in [0.25, 0.3) is 0 Å². The highest BCUT2D eigenvalue weighted by molar-refractivity contribution is 5.74. The summed E-state index contributed by atoms with van der Waals surface area (Å²) in [6.45, 7) is 4.00. The Morgan fingerprint density at radius 2 is 2.40 bits per heavy atom. The zero-order valence-electron chi connectivity index (χ0n) is 8.23. The molecule has 0 aromatic carbocycles. The van der Waals surface area contributed by atoms with Gasteiger partial charge in [-0.25, -0.2) is 4.79 Å². The highest BCUT2D eigenvalue weighted by Gasteiger charge is 2.30. The van der Waals surface area contributed by atoms with Gasteiger partial charge in [0.2, 0.25) is 0 Å². The Balaban J connectivity index is 2.26. The van der Waals surface area contributed by atoms with Gasteiger partial charge in [0.05, 0.1) is 0 Å². The Labute approximate surface area is 87.3 Å². The van der Waals surface area contributed by atoms with Crippen molar-refractivity contribution in [2.75, 3.05) is 13.2 Å². The Hall–Kier alpha value is -1.56. The van der Waals surface area contributed by atoms with Gasteiger partial charge >= 0.3 is 12.1 Å². The molecule has 15 heavy (non-hydrogen) atoms. The van der Waals surface area contributed by atoms with Crippen molar-refractivity contribution < 1.29 is 19.4 Å². The van der Waals surface area contributed by atoms with Crippen molar-refractivity contribution >= 4 is 12.1 Å². The molecular formula is C9H14N2O4. The standard InChI is InChI=1S/C9H14N2O4/c1-2-3-15-9(14)11-6-4-7(8(12)13)10-5-6/h2,6-7,10H,1,3-5H2,(H,11,14)(H,12,13). The van der Waals surface area contributed by atoms with Gasteiger partial charge in [-0.05, 0) is 6.42 Å². The molecule has 1 saturated heterocycles. The minimum absolute atomic E-state index is 0.147. The lowest BCUT2D eigenvalue weighted by atomic mass is 10.2. The fourth-order valence-corrected chi connectivity index (χ4v) is 1.38. The molecule has 84 valence electrons. The van der Waals surface area contributed by atoms with Crippen LogP contribution in [0, 0.1) is 0 Å². The summed E-state index contributed by atoms with van der Waals surface area (Å²) in [4.78, 5) is 21.7. The van der Waals surface area contributed by atoms with E-state index in [2.05, 4.69) is 17.2 Å². The number of ether oxygens (including phenoxy) is 1. The number of alkyl carbamates (subject to hydrolysis) is 1. The highest BCUT2D eigenvalue weighted by atomic mass is 16.5. The molecule has 2 atom stereocenters. The maximum atomic E-state index is 11.1. The third-order valence-electron chi connectivity index (χ3n) is 2.08.